The summed E-state index contributed by atoms with van der Waals surface area (Å²) in [7, 11) is 0. The molecule has 0 aliphatic carbocycles. The third kappa shape index (κ3) is 3.84. The second-order valence-corrected chi connectivity index (χ2v) is 3.08. The quantitative estimate of drug-likeness (QED) is 0.724. The lowest BCUT2D eigenvalue weighted by Crippen LogP contribution is -2.12. The number of terminal acetylenes is 1. The topological polar surface area (TPSA) is 41.1 Å². The van der Waals surface area contributed by atoms with E-state index in [-0.39, 0.29) is 0 Å². The predicted molar refractivity (Wildman–Crippen MR) is 61.3 cm³/mol. The predicted octanol–water partition coefficient (Wildman–Crippen LogP) is 1.37. The first-order chi connectivity index (χ1) is 7.26. The van der Waals surface area contributed by atoms with Gasteiger partial charge in [-0.1, -0.05) is 19.1 Å². The number of hydrogen-bond acceptors (Lipinski definition) is 2. The van der Waals surface area contributed by atoms with Crippen LogP contribution in [0.2, 0.25) is 0 Å². The molecule has 0 saturated carbocycles. The first kappa shape index (κ1) is 11.3. The second-order valence-electron chi connectivity index (χ2n) is 3.08. The van der Waals surface area contributed by atoms with Crippen molar-refractivity contribution in [3.05, 3.63) is 29.8 Å². The van der Waals surface area contributed by atoms with Gasteiger partial charge in [0, 0.05) is 12.2 Å². The van der Waals surface area contributed by atoms with Crippen molar-refractivity contribution in [3.8, 4) is 12.3 Å². The maximum atomic E-state index is 10.9. The number of carbonyl (C=O) groups is 1. The highest BCUT2D eigenvalue weighted by molar-refractivity contribution is 6.03. The zero-order chi connectivity index (χ0) is 11.1. The van der Waals surface area contributed by atoms with Gasteiger partial charge in [0.2, 0.25) is 0 Å². The highest BCUT2D eigenvalue weighted by Crippen LogP contribution is 2.10. The zero-order valence-electron chi connectivity index (χ0n) is 8.71. The number of rotatable bonds is 4. The Balaban J connectivity index is 2.66. The molecule has 0 saturated heterocycles. The van der Waals surface area contributed by atoms with Gasteiger partial charge in [-0.3, -0.25) is 4.79 Å². The Kier molecular flexibility index (Phi) is 4.39. The lowest BCUT2D eigenvalue weighted by molar-refractivity contribution is -0.111. The van der Waals surface area contributed by atoms with E-state index >= 15 is 0 Å². The molecule has 1 amide bonds. The van der Waals surface area contributed by atoms with E-state index in [1.165, 1.54) is 0 Å². The molecule has 1 rings (SSSR count). The normalized spacial score (nSPS) is 9.33. The summed E-state index contributed by atoms with van der Waals surface area (Å²) in [6.45, 7) is 3.75. The van der Waals surface area contributed by atoms with E-state index in [9.17, 15) is 4.79 Å². The maximum absolute atomic E-state index is 10.9. The van der Waals surface area contributed by atoms with Gasteiger partial charge in [-0.2, -0.15) is 0 Å². The summed E-state index contributed by atoms with van der Waals surface area (Å²) >= 11 is 0. The van der Waals surface area contributed by atoms with Crippen LogP contribution in [0.4, 0.5) is 5.69 Å². The van der Waals surface area contributed by atoms with Gasteiger partial charge in [0.05, 0.1) is 0 Å². The summed E-state index contributed by atoms with van der Waals surface area (Å²) in [5, 5.41) is 5.81. The number of hydrogen-bond donors (Lipinski definition) is 2. The highest BCUT2D eigenvalue weighted by atomic mass is 16.1. The van der Waals surface area contributed by atoms with Crippen LogP contribution in [0.1, 0.15) is 12.5 Å². The molecule has 3 heteroatoms. The van der Waals surface area contributed by atoms with Crippen molar-refractivity contribution in [1.29, 1.82) is 0 Å². The average molecular weight is 202 g/mol. The summed E-state index contributed by atoms with van der Waals surface area (Å²) in [6, 6.07) is 7.59. The Labute approximate surface area is 89.9 Å². The van der Waals surface area contributed by atoms with Crippen LogP contribution in [-0.4, -0.2) is 12.5 Å². The minimum absolute atomic E-state index is 0.421. The Morgan fingerprint density at radius 1 is 1.53 bits per heavy atom. The SMILES string of the molecule is C#CC(=O)Nc1cccc(CNCC)c1. The van der Waals surface area contributed by atoms with E-state index in [1.54, 1.807) is 0 Å². The van der Waals surface area contributed by atoms with Crippen LogP contribution in [0.3, 0.4) is 0 Å². The molecule has 1 aromatic carbocycles. The Bertz CT molecular complexity index is 379. The molecule has 0 spiro atoms. The van der Waals surface area contributed by atoms with E-state index in [2.05, 4.69) is 10.6 Å². The van der Waals surface area contributed by atoms with Gasteiger partial charge in [0.25, 0.3) is 5.91 Å². The Morgan fingerprint density at radius 2 is 2.33 bits per heavy atom. The number of anilines is 1. The molecular formula is C12H14N2O. The van der Waals surface area contributed by atoms with Crippen LogP contribution < -0.4 is 10.6 Å². The first-order valence-corrected chi connectivity index (χ1v) is 4.83. The Morgan fingerprint density at radius 3 is 3.00 bits per heavy atom. The highest BCUT2D eigenvalue weighted by Gasteiger charge is 1.98. The number of nitrogens with one attached hydrogen (secondary N) is 2. The maximum Gasteiger partial charge on any atom is 0.300 e. The van der Waals surface area contributed by atoms with Crippen LogP contribution in [0.5, 0.6) is 0 Å². The smallest absolute Gasteiger partial charge is 0.300 e. The van der Waals surface area contributed by atoms with E-state index in [4.69, 9.17) is 6.42 Å². The van der Waals surface area contributed by atoms with Crippen molar-refractivity contribution in [2.75, 3.05) is 11.9 Å². The molecule has 0 radical (unpaired) electrons. The average Bonchev–Trinajstić information content (AvgIpc) is 2.26. The van der Waals surface area contributed by atoms with Crippen LogP contribution >= 0.6 is 0 Å². The van der Waals surface area contributed by atoms with Gasteiger partial charge in [-0.15, -0.1) is 6.42 Å². The third-order valence-electron chi connectivity index (χ3n) is 1.90. The fourth-order valence-electron chi connectivity index (χ4n) is 1.20. The van der Waals surface area contributed by atoms with Crippen LogP contribution in [0.15, 0.2) is 24.3 Å². The molecule has 0 aliphatic rings. The number of amides is 1. The van der Waals surface area contributed by atoms with E-state index in [1.807, 2.05) is 37.1 Å². The summed E-state index contributed by atoms with van der Waals surface area (Å²) in [4.78, 5) is 10.9. The molecule has 2 N–H and O–H groups in total. The van der Waals surface area contributed by atoms with Crippen molar-refractivity contribution in [1.82, 2.24) is 5.32 Å². The van der Waals surface area contributed by atoms with Crippen LogP contribution in [0.25, 0.3) is 0 Å². The molecular weight excluding hydrogens is 188 g/mol. The first-order valence-electron chi connectivity index (χ1n) is 4.83. The van der Waals surface area contributed by atoms with Gasteiger partial charge >= 0.3 is 0 Å². The van der Waals surface area contributed by atoms with Gasteiger partial charge in [-0.25, -0.2) is 0 Å². The van der Waals surface area contributed by atoms with Gasteiger partial charge in [-0.05, 0) is 30.2 Å². The standard InChI is InChI=1S/C12H14N2O/c1-3-12(15)14-11-7-5-6-10(8-11)9-13-4-2/h1,5-8,13H,4,9H2,2H3,(H,14,15). The van der Waals surface area contributed by atoms with Crippen LogP contribution in [-0.2, 0) is 11.3 Å². The van der Waals surface area contributed by atoms with Gasteiger partial charge < -0.3 is 10.6 Å². The largest absolute Gasteiger partial charge is 0.315 e. The van der Waals surface area contributed by atoms with Crippen molar-refractivity contribution in [2.45, 2.75) is 13.5 Å². The zero-order valence-corrected chi connectivity index (χ0v) is 8.71. The summed E-state index contributed by atoms with van der Waals surface area (Å²) in [5.74, 6) is 1.59. The van der Waals surface area contributed by atoms with E-state index in [0.717, 1.165) is 24.3 Å². The number of carbonyl (C=O) groups excluding carboxylic acids is 1. The second kappa shape index (κ2) is 5.84. The fourth-order valence-corrected chi connectivity index (χ4v) is 1.20. The third-order valence-corrected chi connectivity index (χ3v) is 1.90. The van der Waals surface area contributed by atoms with Crippen molar-refractivity contribution in [3.63, 3.8) is 0 Å². The van der Waals surface area contributed by atoms with Crippen molar-refractivity contribution in [2.24, 2.45) is 0 Å². The van der Waals surface area contributed by atoms with Crippen molar-refractivity contribution < 1.29 is 4.79 Å². The number of benzene rings is 1. The van der Waals surface area contributed by atoms with Crippen LogP contribution in [0, 0.1) is 12.3 Å². The summed E-state index contributed by atoms with van der Waals surface area (Å²) in [6.07, 6.45) is 4.96. The molecule has 0 fully saturated rings. The molecule has 15 heavy (non-hydrogen) atoms. The van der Waals surface area contributed by atoms with E-state index < -0.39 is 5.91 Å². The molecule has 0 bridgehead atoms. The summed E-state index contributed by atoms with van der Waals surface area (Å²) in [5.41, 5.74) is 1.85. The van der Waals surface area contributed by atoms with Crippen molar-refractivity contribution >= 4 is 11.6 Å². The molecule has 0 aromatic heterocycles. The monoisotopic (exact) mass is 202 g/mol. The molecule has 0 heterocycles. The van der Waals surface area contributed by atoms with E-state index in [0.29, 0.717) is 0 Å². The minimum atomic E-state index is -0.421. The lowest BCUT2D eigenvalue weighted by Gasteiger charge is -2.05. The molecule has 0 aliphatic heterocycles. The molecule has 3 nitrogen and oxygen atoms in total. The van der Waals surface area contributed by atoms with Gasteiger partial charge in [0.15, 0.2) is 0 Å². The van der Waals surface area contributed by atoms with Gasteiger partial charge in [0.1, 0.15) is 0 Å². The Hall–Kier alpha value is -1.79. The molecule has 0 atom stereocenters. The fraction of sp³-hybridized carbons (Fsp3) is 0.250. The molecule has 0 unspecified atom stereocenters. The molecule has 1 aromatic rings. The molecule has 78 valence electrons. The summed E-state index contributed by atoms with van der Waals surface area (Å²) < 4.78 is 0. The minimum Gasteiger partial charge on any atom is -0.315 e. The lowest BCUT2D eigenvalue weighted by atomic mass is 10.2.